The van der Waals surface area contributed by atoms with Crippen molar-refractivity contribution in [1.82, 2.24) is 0 Å². The number of aromatic nitrogens is 1. The predicted molar refractivity (Wildman–Crippen MR) is 64.9 cm³/mol. The summed E-state index contributed by atoms with van der Waals surface area (Å²) in [5.41, 5.74) is 2.59. The normalized spacial score (nSPS) is 20.2. The summed E-state index contributed by atoms with van der Waals surface area (Å²) in [4.78, 5) is 11.6. The molecule has 2 rings (SSSR count). The van der Waals surface area contributed by atoms with Gasteiger partial charge in [-0.1, -0.05) is 6.07 Å². The third-order valence-corrected chi connectivity index (χ3v) is 3.36. The van der Waals surface area contributed by atoms with Gasteiger partial charge in [-0.05, 0) is 25.3 Å². The summed E-state index contributed by atoms with van der Waals surface area (Å²) in [6.45, 7) is 2.14. The minimum atomic E-state index is -0.0912. The fraction of sp³-hybridized carbons (Fsp3) is 0.429. The third kappa shape index (κ3) is 2.54. The Bertz CT molecular complexity index is 437. The number of rotatable bonds is 2. The fourth-order valence-corrected chi connectivity index (χ4v) is 2.32. The Labute approximate surface area is 102 Å². The Morgan fingerprint density at radius 1 is 1.35 bits per heavy atom. The summed E-state index contributed by atoms with van der Waals surface area (Å²) in [6.07, 6.45) is 6.69. The van der Waals surface area contributed by atoms with Crippen molar-refractivity contribution in [1.29, 1.82) is 0 Å². The Morgan fingerprint density at radius 3 is 2.71 bits per heavy atom. The van der Waals surface area contributed by atoms with E-state index >= 15 is 0 Å². The van der Waals surface area contributed by atoms with Crippen LogP contribution in [0.1, 0.15) is 26.2 Å². The topological polar surface area (TPSA) is 30.2 Å². The first kappa shape index (κ1) is 11.8. The van der Waals surface area contributed by atoms with Gasteiger partial charge in [0.15, 0.2) is 18.1 Å². The van der Waals surface area contributed by atoms with Gasteiger partial charge in [0.25, 0.3) is 0 Å². The number of esters is 1. The van der Waals surface area contributed by atoms with Gasteiger partial charge < -0.3 is 4.74 Å². The van der Waals surface area contributed by atoms with Crippen LogP contribution in [0.3, 0.4) is 0 Å². The van der Waals surface area contributed by atoms with Crippen molar-refractivity contribution < 1.29 is 14.1 Å². The molecule has 3 heteroatoms. The lowest BCUT2D eigenvalue weighted by atomic mass is 9.87. The molecule has 1 aliphatic carbocycles. The van der Waals surface area contributed by atoms with Gasteiger partial charge in [-0.3, -0.25) is 4.79 Å². The summed E-state index contributed by atoms with van der Waals surface area (Å²) < 4.78 is 6.94. The second-order valence-electron chi connectivity index (χ2n) is 4.47. The molecule has 0 N–H and O–H groups in total. The van der Waals surface area contributed by atoms with E-state index in [1.807, 2.05) is 30.6 Å². The van der Waals surface area contributed by atoms with Crippen molar-refractivity contribution in [3.8, 4) is 0 Å². The highest BCUT2D eigenvalue weighted by Gasteiger charge is 2.30. The Hall–Kier alpha value is -1.64. The Balaban J connectivity index is 2.24. The van der Waals surface area contributed by atoms with Crippen molar-refractivity contribution in [3.63, 3.8) is 0 Å². The van der Waals surface area contributed by atoms with Crippen LogP contribution < -0.4 is 4.57 Å². The lowest BCUT2D eigenvalue weighted by Crippen LogP contribution is -2.36. The van der Waals surface area contributed by atoms with Crippen LogP contribution in [0.15, 0.2) is 36.2 Å². The lowest BCUT2D eigenvalue weighted by Gasteiger charge is -2.20. The molecule has 1 heterocycles. The average molecular weight is 232 g/mol. The molecule has 0 spiro atoms. The van der Waals surface area contributed by atoms with E-state index in [0.717, 1.165) is 19.3 Å². The summed E-state index contributed by atoms with van der Waals surface area (Å²) >= 11 is 0. The monoisotopic (exact) mass is 232 g/mol. The van der Waals surface area contributed by atoms with Crippen LogP contribution in [-0.2, 0) is 9.53 Å². The zero-order chi connectivity index (χ0) is 12.3. The number of hydrogen-bond donors (Lipinski definition) is 0. The van der Waals surface area contributed by atoms with E-state index in [2.05, 4.69) is 11.5 Å². The number of allylic oxidation sites excluding steroid dienone is 2. The minimum Gasteiger partial charge on any atom is -0.469 e. The van der Waals surface area contributed by atoms with Crippen molar-refractivity contribution in [2.45, 2.75) is 26.2 Å². The van der Waals surface area contributed by atoms with E-state index in [0.29, 0.717) is 0 Å². The first-order valence-corrected chi connectivity index (χ1v) is 5.95. The number of methoxy groups -OCH3 is 1. The van der Waals surface area contributed by atoms with Crippen LogP contribution in [0.2, 0.25) is 0 Å². The summed E-state index contributed by atoms with van der Waals surface area (Å²) in [5.74, 6) is -0.0852. The van der Waals surface area contributed by atoms with Gasteiger partial charge in [-0.25, -0.2) is 0 Å². The Morgan fingerprint density at radius 2 is 2.06 bits per heavy atom. The molecule has 1 unspecified atom stereocenters. The van der Waals surface area contributed by atoms with E-state index in [1.54, 1.807) is 0 Å². The zero-order valence-corrected chi connectivity index (χ0v) is 10.3. The van der Waals surface area contributed by atoms with Gasteiger partial charge in [0.2, 0.25) is 0 Å². The third-order valence-electron chi connectivity index (χ3n) is 3.36. The molecule has 0 saturated carbocycles. The van der Waals surface area contributed by atoms with Crippen molar-refractivity contribution >= 4 is 11.7 Å². The number of carbonyl (C=O) groups excluding carboxylic acids is 1. The lowest BCUT2D eigenvalue weighted by molar-refractivity contribution is -0.584. The van der Waals surface area contributed by atoms with Crippen molar-refractivity contribution in [2.24, 2.45) is 5.92 Å². The van der Waals surface area contributed by atoms with Gasteiger partial charge in [0.1, 0.15) is 0 Å². The smallest absolute Gasteiger partial charge is 0.309 e. The molecule has 0 radical (unpaired) electrons. The van der Waals surface area contributed by atoms with E-state index in [-0.39, 0.29) is 11.9 Å². The summed E-state index contributed by atoms with van der Waals surface area (Å²) in [7, 11) is 1.46. The van der Waals surface area contributed by atoms with Gasteiger partial charge in [0.05, 0.1) is 13.0 Å². The molecule has 0 bridgehead atoms. The maximum Gasteiger partial charge on any atom is 0.309 e. The highest BCUT2D eigenvalue weighted by molar-refractivity contribution is 5.74. The number of hydrogen-bond acceptors (Lipinski definition) is 2. The average Bonchev–Trinajstić information content (AvgIpc) is 2.39. The van der Waals surface area contributed by atoms with Gasteiger partial charge in [0, 0.05) is 18.6 Å². The van der Waals surface area contributed by atoms with Crippen LogP contribution >= 0.6 is 0 Å². The standard InChI is InChI=1S/C14H18NO2/c1-11-6-7-12(14(16)17-2)10-13(11)15-8-4-3-5-9-15/h3-5,8-9,12H,6-7,10H2,1-2H3/q+1. The zero-order valence-electron chi connectivity index (χ0n) is 10.3. The van der Waals surface area contributed by atoms with Crippen LogP contribution in [0.25, 0.3) is 5.70 Å². The minimum absolute atomic E-state index is 0.00593. The first-order valence-electron chi connectivity index (χ1n) is 5.95. The van der Waals surface area contributed by atoms with Crippen LogP contribution in [0.4, 0.5) is 0 Å². The molecular formula is C14H18NO2+. The highest BCUT2D eigenvalue weighted by Crippen LogP contribution is 2.29. The van der Waals surface area contributed by atoms with Gasteiger partial charge in [-0.2, -0.15) is 4.57 Å². The van der Waals surface area contributed by atoms with E-state index in [9.17, 15) is 4.79 Å². The summed E-state index contributed by atoms with van der Waals surface area (Å²) in [6, 6.07) is 6.00. The fourth-order valence-electron chi connectivity index (χ4n) is 2.32. The van der Waals surface area contributed by atoms with E-state index in [4.69, 9.17) is 4.74 Å². The molecule has 1 aromatic rings. The molecule has 0 saturated heterocycles. The van der Waals surface area contributed by atoms with Crippen molar-refractivity contribution in [3.05, 3.63) is 36.2 Å². The molecule has 1 aliphatic rings. The van der Waals surface area contributed by atoms with Crippen LogP contribution in [-0.4, -0.2) is 13.1 Å². The molecule has 0 fully saturated rings. The maximum absolute atomic E-state index is 11.6. The number of nitrogens with zero attached hydrogens (tertiary/aromatic N) is 1. The molecule has 0 amide bonds. The molecule has 1 atom stereocenters. The number of ether oxygens (including phenoxy) is 1. The highest BCUT2D eigenvalue weighted by atomic mass is 16.5. The quantitative estimate of drug-likeness (QED) is 0.578. The Kier molecular flexibility index (Phi) is 3.57. The molecule has 1 aromatic heterocycles. The predicted octanol–water partition coefficient (Wildman–Crippen LogP) is 2.18. The first-order chi connectivity index (χ1) is 8.22. The summed E-state index contributed by atoms with van der Waals surface area (Å²) in [5, 5.41) is 0. The second-order valence-corrected chi connectivity index (χ2v) is 4.47. The molecule has 3 nitrogen and oxygen atoms in total. The molecule has 90 valence electrons. The van der Waals surface area contributed by atoms with Crippen LogP contribution in [0.5, 0.6) is 0 Å². The number of carbonyl (C=O) groups is 1. The van der Waals surface area contributed by atoms with E-state index in [1.165, 1.54) is 18.4 Å². The van der Waals surface area contributed by atoms with E-state index < -0.39 is 0 Å². The second kappa shape index (κ2) is 5.13. The molecule has 0 aromatic carbocycles. The molecule has 0 aliphatic heterocycles. The molecular weight excluding hydrogens is 214 g/mol. The van der Waals surface area contributed by atoms with Crippen molar-refractivity contribution in [2.75, 3.05) is 7.11 Å². The maximum atomic E-state index is 11.6. The van der Waals surface area contributed by atoms with Gasteiger partial charge >= 0.3 is 5.97 Å². The van der Waals surface area contributed by atoms with Gasteiger partial charge in [-0.15, -0.1) is 0 Å². The number of pyridine rings is 1. The molecule has 17 heavy (non-hydrogen) atoms. The van der Waals surface area contributed by atoms with Crippen LogP contribution in [0, 0.1) is 5.92 Å². The SMILES string of the molecule is COC(=O)C1CCC(C)=C([n+]2ccccc2)C1. The largest absolute Gasteiger partial charge is 0.469 e.